The highest BCUT2D eigenvalue weighted by molar-refractivity contribution is 9.11. The predicted molar refractivity (Wildman–Crippen MR) is 258 cm³/mol. The summed E-state index contributed by atoms with van der Waals surface area (Å²) in [5, 5.41) is 31.4. The lowest BCUT2D eigenvalue weighted by atomic mass is 10.1. The standard InChI is InChI=1S/C45H43Br4N7O5/c46-35-22-30(23-36(47)44(35)59)26-51-53-42(57)28-55(40-15-7-11-32-10-1-2-12-33(32)40)18-3-5-20-61-21-6-4-19-56(41-16-8-14-39-34(41)13-9-17-50-39)29-43(58)54-52-27-31-24-37(48)45(60)38(49)25-31/h1-2,7-17,22-27,59-60H,3-6,18-21,28-29H2,(H,53,57)(H,54,58)/b51-26-,52-27-. The van der Waals surface area contributed by atoms with Crippen LogP contribution in [-0.4, -0.2) is 78.8 Å². The number of halogens is 4. The quantitative estimate of drug-likeness (QED) is 0.0335. The first-order valence-corrected chi connectivity index (χ1v) is 22.6. The van der Waals surface area contributed by atoms with Gasteiger partial charge in [-0.2, -0.15) is 10.2 Å². The highest BCUT2D eigenvalue weighted by Crippen LogP contribution is 2.34. The number of benzene rings is 5. The Kier molecular flexibility index (Phi) is 17.1. The number of aromatic hydroxyl groups is 2. The maximum atomic E-state index is 13.2. The topological polar surface area (TPSA) is 152 Å². The van der Waals surface area contributed by atoms with E-state index in [1.165, 1.54) is 12.4 Å². The molecule has 0 radical (unpaired) electrons. The number of ether oxygens (including phenoxy) is 1. The molecule has 1 heterocycles. The average Bonchev–Trinajstić information content (AvgIpc) is 3.25. The van der Waals surface area contributed by atoms with E-state index in [4.69, 9.17) is 4.74 Å². The molecule has 12 nitrogen and oxygen atoms in total. The van der Waals surface area contributed by atoms with E-state index in [1.54, 1.807) is 30.5 Å². The Bertz CT molecular complexity index is 2310. The van der Waals surface area contributed by atoms with Crippen LogP contribution in [0.1, 0.15) is 36.8 Å². The number of hydrogen-bond acceptors (Lipinski definition) is 10. The van der Waals surface area contributed by atoms with E-state index in [2.05, 4.69) is 113 Å². The van der Waals surface area contributed by atoms with Crippen molar-refractivity contribution in [1.29, 1.82) is 0 Å². The van der Waals surface area contributed by atoms with Crippen molar-refractivity contribution in [2.75, 3.05) is 49.2 Å². The van der Waals surface area contributed by atoms with Crippen LogP contribution in [0.3, 0.4) is 0 Å². The van der Waals surface area contributed by atoms with Gasteiger partial charge in [0.15, 0.2) is 0 Å². The zero-order chi connectivity index (χ0) is 43.1. The number of fused-ring (bicyclic) bond motifs is 2. The van der Waals surface area contributed by atoms with Gasteiger partial charge in [0.05, 0.1) is 48.9 Å². The van der Waals surface area contributed by atoms with E-state index < -0.39 is 0 Å². The Labute approximate surface area is 387 Å². The van der Waals surface area contributed by atoms with Crippen LogP contribution in [0.2, 0.25) is 0 Å². The lowest BCUT2D eigenvalue weighted by Gasteiger charge is -2.25. The lowest BCUT2D eigenvalue weighted by Crippen LogP contribution is -2.36. The van der Waals surface area contributed by atoms with Crippen molar-refractivity contribution in [3.05, 3.63) is 132 Å². The van der Waals surface area contributed by atoms with Gasteiger partial charge in [-0.3, -0.25) is 14.6 Å². The molecule has 61 heavy (non-hydrogen) atoms. The van der Waals surface area contributed by atoms with Crippen LogP contribution in [0.5, 0.6) is 11.5 Å². The molecule has 0 fully saturated rings. The van der Waals surface area contributed by atoms with E-state index in [0.717, 1.165) is 58.7 Å². The summed E-state index contributed by atoms with van der Waals surface area (Å²) in [6.45, 7) is 2.59. The van der Waals surface area contributed by atoms with Gasteiger partial charge in [-0.25, -0.2) is 10.9 Å². The van der Waals surface area contributed by atoms with Crippen LogP contribution in [-0.2, 0) is 14.3 Å². The summed E-state index contributed by atoms with van der Waals surface area (Å²) in [6.07, 6.45) is 7.99. The first kappa shape index (κ1) is 45.7. The molecule has 316 valence electrons. The molecule has 0 saturated carbocycles. The van der Waals surface area contributed by atoms with Crippen molar-refractivity contribution in [2.45, 2.75) is 25.7 Å². The highest BCUT2D eigenvalue weighted by Gasteiger charge is 2.16. The van der Waals surface area contributed by atoms with E-state index in [-0.39, 0.29) is 36.4 Å². The van der Waals surface area contributed by atoms with Gasteiger partial charge in [0.2, 0.25) is 0 Å². The molecule has 5 aromatic carbocycles. The molecule has 0 aliphatic heterocycles. The minimum Gasteiger partial charge on any atom is -0.506 e. The molecule has 1 aromatic heterocycles. The van der Waals surface area contributed by atoms with Crippen molar-refractivity contribution in [2.24, 2.45) is 10.2 Å². The van der Waals surface area contributed by atoms with Gasteiger partial charge < -0.3 is 24.7 Å². The van der Waals surface area contributed by atoms with Crippen LogP contribution in [0.15, 0.2) is 131 Å². The van der Waals surface area contributed by atoms with Crippen LogP contribution < -0.4 is 20.7 Å². The fraction of sp³-hybridized carbons (Fsp3) is 0.222. The molecule has 0 aliphatic carbocycles. The number of carbonyl (C=O) groups is 2. The Hall–Kier alpha value is -4.87. The van der Waals surface area contributed by atoms with Crippen molar-refractivity contribution in [1.82, 2.24) is 15.8 Å². The van der Waals surface area contributed by atoms with Crippen LogP contribution in [0.4, 0.5) is 11.4 Å². The van der Waals surface area contributed by atoms with Gasteiger partial charge in [0.25, 0.3) is 11.8 Å². The zero-order valence-corrected chi connectivity index (χ0v) is 39.3. The molecule has 16 heteroatoms. The van der Waals surface area contributed by atoms with Gasteiger partial charge in [0.1, 0.15) is 11.5 Å². The maximum absolute atomic E-state index is 13.2. The van der Waals surface area contributed by atoms with E-state index in [0.29, 0.717) is 55.3 Å². The molecule has 0 bridgehead atoms. The monoisotopic (exact) mass is 1080 g/mol. The molecule has 4 N–H and O–H groups in total. The molecule has 6 aromatic rings. The number of anilines is 2. The minimum absolute atomic E-state index is 0.0845. The Morgan fingerprint density at radius 1 is 0.623 bits per heavy atom. The third-order valence-electron chi connectivity index (χ3n) is 9.56. The molecule has 0 saturated heterocycles. The van der Waals surface area contributed by atoms with Gasteiger partial charge in [-0.1, -0.05) is 42.5 Å². The lowest BCUT2D eigenvalue weighted by molar-refractivity contribution is -0.120. The molecule has 0 atom stereocenters. The maximum Gasteiger partial charge on any atom is 0.259 e. The number of pyridine rings is 1. The normalized spacial score (nSPS) is 11.5. The summed E-state index contributed by atoms with van der Waals surface area (Å²) in [4.78, 5) is 35.0. The van der Waals surface area contributed by atoms with Crippen molar-refractivity contribution in [3.63, 3.8) is 0 Å². The predicted octanol–water partition coefficient (Wildman–Crippen LogP) is 10.0. The second-order valence-corrected chi connectivity index (χ2v) is 17.4. The fourth-order valence-electron chi connectivity index (χ4n) is 6.63. The van der Waals surface area contributed by atoms with Crippen LogP contribution in [0, 0.1) is 0 Å². The summed E-state index contributed by atoms with van der Waals surface area (Å²) < 4.78 is 8.10. The fourth-order valence-corrected chi connectivity index (χ4v) is 9.07. The van der Waals surface area contributed by atoms with E-state index >= 15 is 0 Å². The molecular weight excluding hydrogens is 1040 g/mol. The van der Waals surface area contributed by atoms with Gasteiger partial charge >= 0.3 is 0 Å². The molecule has 2 amide bonds. The Morgan fingerprint density at radius 2 is 1.10 bits per heavy atom. The minimum atomic E-state index is -0.274. The largest absolute Gasteiger partial charge is 0.506 e. The number of unbranched alkanes of at least 4 members (excludes halogenated alkanes) is 2. The number of rotatable bonds is 20. The molecule has 0 spiro atoms. The summed E-state index contributed by atoms with van der Waals surface area (Å²) in [5.74, 6) is -0.354. The average molecular weight is 1080 g/mol. The van der Waals surface area contributed by atoms with Crippen molar-refractivity contribution in [3.8, 4) is 11.5 Å². The first-order chi connectivity index (χ1) is 29.6. The summed E-state index contributed by atoms with van der Waals surface area (Å²) in [5.41, 5.74) is 9.39. The number of phenols is 2. The second kappa shape index (κ2) is 22.8. The Balaban J connectivity index is 0.993. The summed E-state index contributed by atoms with van der Waals surface area (Å²) >= 11 is 13.3. The number of nitrogens with zero attached hydrogens (tertiary/aromatic N) is 5. The van der Waals surface area contributed by atoms with Gasteiger partial charge in [-0.05, 0) is 161 Å². The molecular formula is C45H43Br4N7O5. The first-order valence-electron chi connectivity index (χ1n) is 19.5. The number of hydrogen-bond donors (Lipinski definition) is 4. The number of nitrogens with one attached hydrogen (secondary N) is 2. The van der Waals surface area contributed by atoms with Crippen LogP contribution >= 0.6 is 63.7 Å². The molecule has 6 rings (SSSR count). The number of carbonyl (C=O) groups excluding carboxylic acids is 2. The van der Waals surface area contributed by atoms with Crippen molar-refractivity contribution < 1.29 is 24.5 Å². The molecule has 0 unspecified atom stereocenters. The summed E-state index contributed by atoms with van der Waals surface area (Å²) in [6, 6.07) is 30.8. The van der Waals surface area contributed by atoms with E-state index in [1.807, 2.05) is 59.5 Å². The number of amides is 2. The smallest absolute Gasteiger partial charge is 0.259 e. The van der Waals surface area contributed by atoms with Gasteiger partial charge in [-0.15, -0.1) is 0 Å². The van der Waals surface area contributed by atoms with E-state index in [9.17, 15) is 19.8 Å². The Morgan fingerprint density at radius 3 is 1.66 bits per heavy atom. The third kappa shape index (κ3) is 13.1. The SMILES string of the molecule is O=C(CN(CCCCOCCCCN(CC(=O)N/N=C\c1cc(Br)c(O)c(Br)c1)c1cccc2ncccc12)c1cccc2ccccc12)N/N=C\c1cc(Br)c(O)c(Br)c1. The van der Waals surface area contributed by atoms with Gasteiger partial charge in [0, 0.05) is 54.6 Å². The number of aromatic nitrogens is 1. The van der Waals surface area contributed by atoms with Crippen LogP contribution in [0.25, 0.3) is 21.7 Å². The third-order valence-corrected chi connectivity index (χ3v) is 12.0. The molecule has 0 aliphatic rings. The number of hydrazone groups is 2. The van der Waals surface area contributed by atoms with Crippen molar-refractivity contribution >= 4 is 121 Å². The number of phenolic OH excluding ortho intramolecular Hbond substituents is 2. The highest BCUT2D eigenvalue weighted by atomic mass is 79.9. The second-order valence-electron chi connectivity index (χ2n) is 14.0. The summed E-state index contributed by atoms with van der Waals surface area (Å²) in [7, 11) is 0. The zero-order valence-electron chi connectivity index (χ0n) is 32.9.